The minimum Gasteiger partial charge on any atom is -0.507 e. The van der Waals surface area contributed by atoms with Gasteiger partial charge < -0.3 is 24.4 Å². The van der Waals surface area contributed by atoms with Crippen LogP contribution in [0.2, 0.25) is 0 Å². The number of Topliss-reactive ketones (excluding diaryl/α,β-unsaturated/α-hetero) is 1. The largest absolute Gasteiger partial charge is 0.507 e. The molecule has 0 unspecified atom stereocenters. The highest BCUT2D eigenvalue weighted by Crippen LogP contribution is 2.39. The number of hydrogen-bond acceptors (Lipinski definition) is 4. The number of methoxy groups -OCH3 is 1. The number of ether oxygens (including phenoxy) is 2. The van der Waals surface area contributed by atoms with Gasteiger partial charge in [0, 0.05) is 0 Å². The fourth-order valence-electron chi connectivity index (χ4n) is 3.78. The molecule has 2 aromatic rings. The van der Waals surface area contributed by atoms with E-state index in [-0.39, 0.29) is 17.3 Å². The van der Waals surface area contributed by atoms with Crippen LogP contribution in [0.4, 0.5) is 0 Å². The Morgan fingerprint density at radius 1 is 1.11 bits per heavy atom. The smallest absolute Gasteiger partial charge is 0.231 e. The van der Waals surface area contributed by atoms with Gasteiger partial charge in [0.05, 0.1) is 25.3 Å². The lowest BCUT2D eigenvalue weighted by molar-refractivity contribution is -1.01. The summed E-state index contributed by atoms with van der Waals surface area (Å²) in [5.74, 6) is 1.59. The van der Waals surface area contributed by atoms with Gasteiger partial charge in [-0.2, -0.15) is 0 Å². The maximum absolute atomic E-state index is 12.8. The van der Waals surface area contributed by atoms with Crippen LogP contribution in [-0.4, -0.2) is 51.2 Å². The summed E-state index contributed by atoms with van der Waals surface area (Å²) in [4.78, 5) is 15.7. The lowest BCUT2D eigenvalue weighted by atomic mass is 10.0. The molecule has 0 spiro atoms. The summed E-state index contributed by atoms with van der Waals surface area (Å²) in [6.45, 7) is 4.95. The van der Waals surface area contributed by atoms with Gasteiger partial charge in [-0.15, -0.1) is 0 Å². The molecule has 2 aliphatic heterocycles. The zero-order chi connectivity index (χ0) is 19.7. The third kappa shape index (κ3) is 3.61. The second-order valence-electron chi connectivity index (χ2n) is 7.54. The zero-order valence-electron chi connectivity index (χ0n) is 16.2. The summed E-state index contributed by atoms with van der Waals surface area (Å²) < 4.78 is 11.1. The van der Waals surface area contributed by atoms with Crippen LogP contribution < -0.4 is 19.3 Å². The predicted octanol–water partition coefficient (Wildman–Crippen LogP) is -0.0698. The lowest BCUT2D eigenvalue weighted by Gasteiger charge is -2.27. The lowest BCUT2D eigenvalue weighted by Crippen LogP contribution is -3.26. The van der Waals surface area contributed by atoms with Gasteiger partial charge in [0.25, 0.3) is 0 Å². The minimum atomic E-state index is -0.148. The third-order valence-corrected chi connectivity index (χ3v) is 5.57. The molecule has 0 atom stereocenters. The quantitative estimate of drug-likeness (QED) is 0.648. The molecule has 146 valence electrons. The van der Waals surface area contributed by atoms with Gasteiger partial charge in [-0.05, 0) is 35.9 Å². The molecule has 1 saturated heterocycles. The van der Waals surface area contributed by atoms with E-state index >= 15 is 0 Å². The van der Waals surface area contributed by atoms with Crippen molar-refractivity contribution < 1.29 is 29.2 Å². The van der Waals surface area contributed by atoms with Crippen molar-refractivity contribution in [2.45, 2.75) is 6.54 Å². The molecule has 4 rings (SSSR count). The molecule has 0 amide bonds. The molecule has 6 nitrogen and oxygen atoms in total. The van der Waals surface area contributed by atoms with Crippen molar-refractivity contribution in [2.24, 2.45) is 0 Å². The van der Waals surface area contributed by atoms with E-state index in [2.05, 4.69) is 7.05 Å². The number of hydrogen-bond donors (Lipinski definition) is 3. The molecule has 2 aromatic carbocycles. The van der Waals surface area contributed by atoms with Crippen LogP contribution >= 0.6 is 0 Å². The molecule has 6 heteroatoms. The SMILES string of the molecule is COc1ccc(/C=C2\Oc3c(ccc(O)c3C[NH+]3CC[NH+](C)CC3)C2=O)cc1. The van der Waals surface area contributed by atoms with E-state index < -0.39 is 0 Å². The van der Waals surface area contributed by atoms with Crippen LogP contribution in [-0.2, 0) is 6.54 Å². The molecule has 0 aromatic heterocycles. The summed E-state index contributed by atoms with van der Waals surface area (Å²) in [6, 6.07) is 10.7. The minimum absolute atomic E-state index is 0.148. The van der Waals surface area contributed by atoms with E-state index in [4.69, 9.17) is 9.47 Å². The Balaban J connectivity index is 1.60. The second-order valence-corrected chi connectivity index (χ2v) is 7.54. The number of allylic oxidation sites excluding steroid dienone is 1. The van der Waals surface area contributed by atoms with Crippen LogP contribution in [0, 0.1) is 0 Å². The van der Waals surface area contributed by atoms with Crippen molar-refractivity contribution in [1.82, 2.24) is 0 Å². The number of likely N-dealkylation sites (N-methyl/N-ethyl adjacent to an activating group) is 1. The van der Waals surface area contributed by atoms with Crippen LogP contribution in [0.5, 0.6) is 17.2 Å². The average molecular weight is 382 g/mol. The molecule has 0 bridgehead atoms. The highest BCUT2D eigenvalue weighted by atomic mass is 16.5. The topological polar surface area (TPSA) is 64.6 Å². The fourth-order valence-corrected chi connectivity index (χ4v) is 3.78. The number of nitrogens with one attached hydrogen (secondary N) is 2. The van der Waals surface area contributed by atoms with E-state index in [1.165, 1.54) is 9.80 Å². The Hall–Kier alpha value is -2.83. The number of rotatable bonds is 4. The van der Waals surface area contributed by atoms with Gasteiger partial charge >= 0.3 is 0 Å². The van der Waals surface area contributed by atoms with Gasteiger partial charge in [-0.25, -0.2) is 0 Å². The van der Waals surface area contributed by atoms with Crippen molar-refractivity contribution in [2.75, 3.05) is 40.3 Å². The van der Waals surface area contributed by atoms with E-state index in [0.717, 1.165) is 43.1 Å². The number of benzene rings is 2. The number of phenolic OH excluding ortho intramolecular Hbond substituents is 1. The van der Waals surface area contributed by atoms with Crippen molar-refractivity contribution >= 4 is 11.9 Å². The molecule has 28 heavy (non-hydrogen) atoms. The van der Waals surface area contributed by atoms with Gasteiger partial charge in [-0.3, -0.25) is 4.79 Å². The van der Waals surface area contributed by atoms with Crippen molar-refractivity contribution in [3.05, 3.63) is 58.8 Å². The van der Waals surface area contributed by atoms with E-state index in [1.807, 2.05) is 24.3 Å². The highest BCUT2D eigenvalue weighted by molar-refractivity contribution is 6.14. The summed E-state index contributed by atoms with van der Waals surface area (Å²) in [5, 5.41) is 10.4. The summed E-state index contributed by atoms with van der Waals surface area (Å²) in [6.07, 6.45) is 1.73. The molecule has 0 aliphatic carbocycles. The van der Waals surface area contributed by atoms with Crippen LogP contribution in [0.25, 0.3) is 6.08 Å². The van der Waals surface area contributed by atoms with Crippen molar-refractivity contribution in [3.8, 4) is 17.2 Å². The molecule has 1 fully saturated rings. The first-order valence-electron chi connectivity index (χ1n) is 9.63. The van der Waals surface area contributed by atoms with Gasteiger partial charge in [-0.1, -0.05) is 12.1 Å². The van der Waals surface area contributed by atoms with E-state index in [1.54, 1.807) is 25.3 Å². The number of fused-ring (bicyclic) bond motifs is 1. The monoisotopic (exact) mass is 382 g/mol. The Morgan fingerprint density at radius 3 is 2.50 bits per heavy atom. The summed E-state index contributed by atoms with van der Waals surface area (Å²) in [7, 11) is 3.82. The molecular formula is C22H26N2O4+2. The van der Waals surface area contributed by atoms with Gasteiger partial charge in [0.2, 0.25) is 5.78 Å². The van der Waals surface area contributed by atoms with Crippen LogP contribution in [0.3, 0.4) is 0 Å². The van der Waals surface area contributed by atoms with Crippen LogP contribution in [0.15, 0.2) is 42.2 Å². The standard InChI is InChI=1S/C22H24N2O4/c1-23-9-11-24(12-10-23)14-18-19(25)8-7-17-21(26)20(28-22(17)18)13-15-3-5-16(27-2)6-4-15/h3-8,13,25H,9-12,14H2,1-2H3/p+2/b20-13-. The first kappa shape index (κ1) is 18.5. The molecule has 0 saturated carbocycles. The fraction of sp³-hybridized carbons (Fsp3) is 0.318. The summed E-state index contributed by atoms with van der Waals surface area (Å²) >= 11 is 0. The molecular weight excluding hydrogens is 356 g/mol. The van der Waals surface area contributed by atoms with Crippen molar-refractivity contribution in [3.63, 3.8) is 0 Å². The summed E-state index contributed by atoms with van der Waals surface area (Å²) in [5.41, 5.74) is 2.10. The number of carbonyl (C=O) groups excluding carboxylic acids is 1. The predicted molar refractivity (Wildman–Crippen MR) is 105 cm³/mol. The zero-order valence-corrected chi connectivity index (χ0v) is 16.2. The molecule has 2 heterocycles. The van der Waals surface area contributed by atoms with Gasteiger partial charge in [0.1, 0.15) is 44.2 Å². The first-order chi connectivity index (χ1) is 13.5. The number of piperazine rings is 1. The number of phenols is 1. The number of aromatic hydroxyl groups is 1. The number of ketones is 1. The maximum Gasteiger partial charge on any atom is 0.231 e. The Morgan fingerprint density at radius 2 is 1.82 bits per heavy atom. The average Bonchev–Trinajstić information content (AvgIpc) is 3.02. The van der Waals surface area contributed by atoms with Crippen LogP contribution in [0.1, 0.15) is 21.5 Å². The molecule has 0 radical (unpaired) electrons. The Bertz CT molecular complexity index is 913. The molecule has 3 N–H and O–H groups in total. The Kier molecular flexibility index (Phi) is 5.07. The number of quaternary nitrogens is 2. The van der Waals surface area contributed by atoms with Gasteiger partial charge in [0.15, 0.2) is 11.5 Å². The number of carbonyl (C=O) groups is 1. The Labute approximate surface area is 164 Å². The third-order valence-electron chi connectivity index (χ3n) is 5.57. The van der Waals surface area contributed by atoms with E-state index in [9.17, 15) is 9.90 Å². The maximum atomic E-state index is 12.8. The van der Waals surface area contributed by atoms with E-state index in [0.29, 0.717) is 17.9 Å². The highest BCUT2D eigenvalue weighted by Gasteiger charge is 2.33. The molecule has 2 aliphatic rings. The second kappa shape index (κ2) is 7.66. The first-order valence-corrected chi connectivity index (χ1v) is 9.63. The normalized spacial score (nSPS) is 22.8. The van der Waals surface area contributed by atoms with Crippen molar-refractivity contribution in [1.29, 1.82) is 0 Å².